The van der Waals surface area contributed by atoms with Crippen molar-refractivity contribution in [3.8, 4) is 0 Å². The zero-order valence-corrected chi connectivity index (χ0v) is 18.4. The van der Waals surface area contributed by atoms with Gasteiger partial charge < -0.3 is 5.73 Å². The predicted octanol–water partition coefficient (Wildman–Crippen LogP) is 3.99. The van der Waals surface area contributed by atoms with Crippen molar-refractivity contribution >= 4 is 57.2 Å². The van der Waals surface area contributed by atoms with Crippen molar-refractivity contribution in [2.75, 3.05) is 5.43 Å². The van der Waals surface area contributed by atoms with E-state index in [1.165, 1.54) is 59.8 Å². The van der Waals surface area contributed by atoms with Crippen LogP contribution in [0.3, 0.4) is 0 Å². The quantitative estimate of drug-likeness (QED) is 0.198. The minimum absolute atomic E-state index is 0.0128. The lowest BCUT2D eigenvalue weighted by Gasteiger charge is -1.97. The smallest absolute Gasteiger partial charge is 0.270 e. The van der Waals surface area contributed by atoms with Crippen LogP contribution < -0.4 is 11.2 Å². The average Bonchev–Trinajstić information content (AvgIpc) is 3.26. The third-order valence-corrected chi connectivity index (χ3v) is 5.43. The molecule has 33 heavy (non-hydrogen) atoms. The van der Waals surface area contributed by atoms with Crippen LogP contribution in [-0.2, 0) is 5.75 Å². The topological polar surface area (TPSA) is 174 Å². The molecular formula is C19H16N8O4S2. The monoisotopic (exact) mass is 484 g/mol. The summed E-state index contributed by atoms with van der Waals surface area (Å²) in [7, 11) is 0. The highest BCUT2D eigenvalue weighted by Crippen LogP contribution is 2.20. The van der Waals surface area contributed by atoms with E-state index in [9.17, 15) is 20.2 Å². The molecule has 1 aromatic heterocycles. The molecular weight excluding hydrogens is 468 g/mol. The number of nitro benzene ring substituents is 2. The predicted molar refractivity (Wildman–Crippen MR) is 130 cm³/mol. The van der Waals surface area contributed by atoms with Gasteiger partial charge in [0, 0.05) is 46.5 Å². The fourth-order valence-electron chi connectivity index (χ4n) is 2.35. The first-order chi connectivity index (χ1) is 15.9. The van der Waals surface area contributed by atoms with E-state index in [0.29, 0.717) is 22.0 Å². The minimum Gasteiger partial charge on any atom is -0.377 e. The van der Waals surface area contributed by atoms with Gasteiger partial charge in [-0.2, -0.15) is 10.2 Å². The molecule has 14 heteroatoms. The van der Waals surface area contributed by atoms with Crippen LogP contribution in [0.4, 0.5) is 16.5 Å². The Morgan fingerprint density at radius 2 is 1.73 bits per heavy atom. The highest BCUT2D eigenvalue weighted by atomic mass is 32.2. The molecule has 3 rings (SSSR count). The molecule has 0 aliphatic rings. The van der Waals surface area contributed by atoms with E-state index in [0.717, 1.165) is 5.69 Å². The van der Waals surface area contributed by atoms with E-state index in [1.807, 2.05) is 5.38 Å². The molecule has 3 aromatic rings. The summed E-state index contributed by atoms with van der Waals surface area (Å²) in [6, 6.07) is 12.1. The van der Waals surface area contributed by atoms with Crippen molar-refractivity contribution in [3.05, 3.63) is 91.0 Å². The lowest BCUT2D eigenvalue weighted by Crippen LogP contribution is -2.06. The van der Waals surface area contributed by atoms with Crippen molar-refractivity contribution in [3.63, 3.8) is 0 Å². The first-order valence-electron chi connectivity index (χ1n) is 9.12. The van der Waals surface area contributed by atoms with E-state index >= 15 is 0 Å². The molecule has 0 unspecified atom stereocenters. The van der Waals surface area contributed by atoms with Gasteiger partial charge in [-0.25, -0.2) is 4.98 Å². The van der Waals surface area contributed by atoms with E-state index in [4.69, 9.17) is 5.73 Å². The fourth-order valence-corrected chi connectivity index (χ4v) is 3.67. The van der Waals surface area contributed by atoms with Gasteiger partial charge in [-0.3, -0.25) is 25.7 Å². The van der Waals surface area contributed by atoms with Crippen LogP contribution in [0, 0.1) is 20.2 Å². The number of hydrogen-bond donors (Lipinski definition) is 2. The number of aromatic nitrogens is 1. The maximum atomic E-state index is 10.8. The van der Waals surface area contributed by atoms with Gasteiger partial charge in [-0.15, -0.1) is 16.4 Å². The number of anilines is 1. The number of non-ortho nitro benzene ring substituents is 2. The summed E-state index contributed by atoms with van der Waals surface area (Å²) < 4.78 is 0. The molecule has 0 aliphatic carbocycles. The van der Waals surface area contributed by atoms with Gasteiger partial charge in [0.05, 0.1) is 28.0 Å². The highest BCUT2D eigenvalue weighted by Gasteiger charge is 2.06. The number of benzene rings is 2. The van der Waals surface area contributed by atoms with E-state index in [2.05, 4.69) is 25.7 Å². The van der Waals surface area contributed by atoms with Crippen molar-refractivity contribution in [2.45, 2.75) is 5.75 Å². The molecule has 0 bridgehead atoms. The van der Waals surface area contributed by atoms with Crippen LogP contribution in [0.1, 0.15) is 16.8 Å². The molecule has 0 amide bonds. The minimum atomic E-state index is -0.485. The number of nitro groups is 2. The molecule has 168 valence electrons. The van der Waals surface area contributed by atoms with Gasteiger partial charge in [-0.05, 0) is 0 Å². The number of nitrogens with zero attached hydrogens (tertiary/aromatic N) is 6. The van der Waals surface area contributed by atoms with E-state index in [-0.39, 0.29) is 16.5 Å². The molecule has 0 saturated carbocycles. The van der Waals surface area contributed by atoms with Crippen molar-refractivity contribution in [1.82, 2.24) is 4.98 Å². The first-order valence-corrected chi connectivity index (χ1v) is 11.0. The molecule has 0 fully saturated rings. The largest absolute Gasteiger partial charge is 0.377 e. The van der Waals surface area contributed by atoms with Crippen molar-refractivity contribution in [2.24, 2.45) is 21.0 Å². The van der Waals surface area contributed by atoms with Crippen LogP contribution in [0.2, 0.25) is 0 Å². The second-order valence-corrected chi connectivity index (χ2v) is 8.04. The molecule has 12 nitrogen and oxygen atoms in total. The van der Waals surface area contributed by atoms with Gasteiger partial charge in [0.2, 0.25) is 5.13 Å². The number of thioether (sulfide) groups is 1. The van der Waals surface area contributed by atoms with Gasteiger partial charge in [0.15, 0.2) is 5.17 Å². The zero-order valence-electron chi connectivity index (χ0n) is 16.8. The molecule has 0 radical (unpaired) electrons. The third kappa shape index (κ3) is 7.48. The summed E-state index contributed by atoms with van der Waals surface area (Å²) in [4.78, 5) is 25.0. The Labute approximate surface area is 195 Å². The summed E-state index contributed by atoms with van der Waals surface area (Å²) in [6.45, 7) is 0. The summed E-state index contributed by atoms with van der Waals surface area (Å²) in [5.74, 6) is 0.453. The summed E-state index contributed by atoms with van der Waals surface area (Å²) >= 11 is 2.57. The Balaban J connectivity index is 1.49. The Kier molecular flexibility index (Phi) is 8.15. The second-order valence-electron chi connectivity index (χ2n) is 6.19. The number of nitrogens with two attached hydrogens (primary N) is 1. The van der Waals surface area contributed by atoms with Crippen molar-refractivity contribution < 1.29 is 9.85 Å². The summed E-state index contributed by atoms with van der Waals surface area (Å²) in [6.07, 6.45) is 2.84. The molecule has 0 atom stereocenters. The number of rotatable bonds is 9. The normalized spacial score (nSPS) is 11.8. The Morgan fingerprint density at radius 3 is 2.36 bits per heavy atom. The van der Waals surface area contributed by atoms with Gasteiger partial charge in [0.1, 0.15) is 0 Å². The number of nitrogens with one attached hydrogen (secondary N) is 1. The van der Waals surface area contributed by atoms with Gasteiger partial charge >= 0.3 is 0 Å². The van der Waals surface area contributed by atoms with E-state index in [1.54, 1.807) is 24.3 Å². The SMILES string of the molecule is NC(=N/N=C/c1cccc([N+](=O)[O-])c1)SCc1csc(N/N=C\c2cccc([N+](=O)[O-])c2)n1. The Hall–Kier alpha value is -4.17. The second kappa shape index (κ2) is 11.4. The zero-order chi connectivity index (χ0) is 23.6. The summed E-state index contributed by atoms with van der Waals surface area (Å²) in [5.41, 5.74) is 10.4. The highest BCUT2D eigenvalue weighted by molar-refractivity contribution is 8.13. The van der Waals surface area contributed by atoms with Crippen LogP contribution in [0.25, 0.3) is 0 Å². The molecule has 1 heterocycles. The van der Waals surface area contributed by atoms with Gasteiger partial charge in [-0.1, -0.05) is 36.0 Å². The fraction of sp³-hybridized carbons (Fsp3) is 0.0526. The first kappa shape index (κ1) is 23.5. The standard InChI is InChI=1S/C19H16N8O4S2/c20-18(24-21-9-13-3-1-5-16(7-13)26(28)29)32-11-15-12-33-19(23-15)25-22-10-14-4-2-6-17(8-14)27(30)31/h1-10,12H,11H2,(H2,20,24)(H,23,25)/b21-9+,22-10-. The van der Waals surface area contributed by atoms with Crippen molar-refractivity contribution in [1.29, 1.82) is 0 Å². The summed E-state index contributed by atoms with van der Waals surface area (Å²) in [5, 5.41) is 35.9. The maximum absolute atomic E-state index is 10.8. The van der Waals surface area contributed by atoms with Crippen LogP contribution >= 0.6 is 23.1 Å². The molecule has 3 N–H and O–H groups in total. The number of hydrazone groups is 1. The van der Waals surface area contributed by atoms with Crippen LogP contribution in [0.15, 0.2) is 69.2 Å². The molecule has 0 aliphatic heterocycles. The average molecular weight is 485 g/mol. The Bertz CT molecular complexity index is 1240. The lowest BCUT2D eigenvalue weighted by atomic mass is 10.2. The molecule has 0 spiro atoms. The van der Waals surface area contributed by atoms with E-state index < -0.39 is 9.85 Å². The van der Waals surface area contributed by atoms with Gasteiger partial charge in [0.25, 0.3) is 11.4 Å². The van der Waals surface area contributed by atoms with Crippen LogP contribution in [0.5, 0.6) is 0 Å². The number of amidine groups is 1. The molecule has 2 aromatic carbocycles. The Morgan fingerprint density at radius 1 is 1.09 bits per heavy atom. The lowest BCUT2D eigenvalue weighted by molar-refractivity contribution is -0.385. The number of hydrogen-bond acceptors (Lipinski definition) is 11. The maximum Gasteiger partial charge on any atom is 0.270 e. The third-order valence-electron chi connectivity index (χ3n) is 3.82. The molecule has 0 saturated heterocycles. The van der Waals surface area contributed by atoms with Crippen LogP contribution in [-0.4, -0.2) is 32.4 Å². The number of thiazole rings is 1.